The molecule has 0 fully saturated rings. The third-order valence-electron chi connectivity index (χ3n) is 6.68. The van der Waals surface area contributed by atoms with Gasteiger partial charge in [0.2, 0.25) is 6.71 Å². The van der Waals surface area contributed by atoms with E-state index in [-0.39, 0.29) is 6.71 Å². The van der Waals surface area contributed by atoms with E-state index in [4.69, 9.17) is 0 Å². The second-order valence-electron chi connectivity index (χ2n) is 9.02. The van der Waals surface area contributed by atoms with Crippen LogP contribution in [0.15, 0.2) is 31.6 Å². The van der Waals surface area contributed by atoms with Crippen molar-refractivity contribution in [1.82, 2.24) is 0 Å². The molecule has 3 rings (SSSR count). The van der Waals surface area contributed by atoms with Gasteiger partial charge in [0.25, 0.3) is 0 Å². The van der Waals surface area contributed by atoms with Crippen LogP contribution in [0, 0.1) is 62.3 Å². The van der Waals surface area contributed by atoms with Gasteiger partial charge in [0.05, 0.1) is 0 Å². The maximum absolute atomic E-state index is 3.89. The first-order valence-corrected chi connectivity index (χ1v) is 13.0. The van der Waals surface area contributed by atoms with Gasteiger partial charge in [-0.3, -0.25) is 0 Å². The molecule has 0 N–H and O–H groups in total. The van der Waals surface area contributed by atoms with E-state index in [0.29, 0.717) is 0 Å². The molecule has 0 saturated carbocycles. The molecule has 0 aliphatic carbocycles. The van der Waals surface area contributed by atoms with Crippen LogP contribution in [0.4, 0.5) is 0 Å². The van der Waals surface area contributed by atoms with Gasteiger partial charge >= 0.3 is 0 Å². The second-order valence-corrected chi connectivity index (χ2v) is 11.4. The van der Waals surface area contributed by atoms with E-state index in [1.54, 1.807) is 0 Å². The van der Waals surface area contributed by atoms with E-state index < -0.39 is 0 Å². The van der Waals surface area contributed by atoms with Crippen molar-refractivity contribution >= 4 is 70.9 Å². The van der Waals surface area contributed by atoms with Gasteiger partial charge in [0, 0.05) is 13.4 Å². The van der Waals surface area contributed by atoms with Crippen molar-refractivity contribution in [2.45, 2.75) is 62.3 Å². The highest BCUT2D eigenvalue weighted by atomic mass is 79.9. The van der Waals surface area contributed by atoms with Crippen LogP contribution in [0.5, 0.6) is 0 Å². The van der Waals surface area contributed by atoms with Crippen LogP contribution in [-0.2, 0) is 0 Å². The van der Waals surface area contributed by atoms with Crippen LogP contribution in [0.25, 0.3) is 0 Å². The Balaban J connectivity index is 2.56. The maximum Gasteiger partial charge on any atom is 0.243 e. The highest BCUT2D eigenvalue weighted by Crippen LogP contribution is 2.27. The van der Waals surface area contributed by atoms with Crippen molar-refractivity contribution in [2.75, 3.05) is 0 Å². The average molecular weight is 605 g/mol. The number of rotatable bonds is 3. The molecular weight excluding hydrogens is 575 g/mol. The van der Waals surface area contributed by atoms with Crippen LogP contribution in [0.1, 0.15) is 50.1 Å². The molecule has 0 spiro atoms. The first-order chi connectivity index (χ1) is 14.4. The highest BCUT2D eigenvalue weighted by molar-refractivity contribution is 9.11. The minimum absolute atomic E-state index is 0.158. The van der Waals surface area contributed by atoms with Gasteiger partial charge in [-0.1, -0.05) is 99.1 Å². The van der Waals surface area contributed by atoms with Crippen molar-refractivity contribution in [3.63, 3.8) is 0 Å². The molecule has 0 aromatic heterocycles. The summed E-state index contributed by atoms with van der Waals surface area (Å²) >= 11 is 11.7. The monoisotopic (exact) mass is 602 g/mol. The Morgan fingerprint density at radius 3 is 0.871 bits per heavy atom. The topological polar surface area (TPSA) is 0 Å². The molecule has 4 heteroatoms. The third-order valence-corrected chi connectivity index (χ3v) is 10.3. The summed E-state index contributed by atoms with van der Waals surface area (Å²) < 4.78 is 3.63. The number of benzene rings is 3. The Morgan fingerprint density at radius 2 is 0.645 bits per heavy atom. The molecule has 0 unspecified atom stereocenters. The number of hydrogen-bond acceptors (Lipinski definition) is 0. The quantitative estimate of drug-likeness (QED) is 0.276. The number of halogens is 3. The fourth-order valence-electron chi connectivity index (χ4n) is 5.29. The van der Waals surface area contributed by atoms with Gasteiger partial charge in [-0.05, 0) is 95.7 Å². The largest absolute Gasteiger partial charge is 0.243 e. The Morgan fingerprint density at radius 1 is 0.419 bits per heavy atom. The smallest absolute Gasteiger partial charge is 0.0618 e. The molecule has 0 nitrogen and oxygen atoms in total. The van der Waals surface area contributed by atoms with E-state index >= 15 is 0 Å². The fourth-order valence-corrected chi connectivity index (χ4v) is 6.28. The van der Waals surface area contributed by atoms with Gasteiger partial charge in [-0.25, -0.2) is 0 Å². The van der Waals surface area contributed by atoms with Gasteiger partial charge in [-0.15, -0.1) is 0 Å². The first-order valence-electron chi connectivity index (χ1n) is 10.7. The molecular formula is C27H30BBr3. The lowest BCUT2D eigenvalue weighted by Crippen LogP contribution is -2.57. The Hall–Kier alpha value is -0.835. The summed E-state index contributed by atoms with van der Waals surface area (Å²) in [5.74, 6) is 0. The average Bonchev–Trinajstić information content (AvgIpc) is 2.68. The molecule has 0 heterocycles. The second kappa shape index (κ2) is 9.19. The molecule has 0 aliphatic heterocycles. The summed E-state index contributed by atoms with van der Waals surface area (Å²) in [6, 6.07) is 6.96. The summed E-state index contributed by atoms with van der Waals surface area (Å²) in [6.07, 6.45) is 0. The summed E-state index contributed by atoms with van der Waals surface area (Å²) in [6.45, 7) is 20.3. The molecule has 0 bridgehead atoms. The molecule has 0 amide bonds. The van der Waals surface area contributed by atoms with Gasteiger partial charge in [0.1, 0.15) is 0 Å². The van der Waals surface area contributed by atoms with Crippen molar-refractivity contribution in [1.29, 1.82) is 0 Å². The summed E-state index contributed by atoms with van der Waals surface area (Å²) in [4.78, 5) is 0. The Bertz CT molecular complexity index is 1060. The first kappa shape index (κ1) is 24.8. The molecule has 0 saturated heterocycles. The Kier molecular flexibility index (Phi) is 7.35. The lowest BCUT2D eigenvalue weighted by Gasteiger charge is -2.29. The van der Waals surface area contributed by atoms with E-state index in [1.165, 1.54) is 79.9 Å². The SMILES string of the molecule is Cc1cc(C)c(B(c2c(C)cc(C)c(Br)c2C)c2c(C)cc(C)c(Br)c2C)c(C)c1Br. The minimum atomic E-state index is 0.158. The number of hydrogen-bond donors (Lipinski definition) is 0. The van der Waals surface area contributed by atoms with E-state index in [0.717, 1.165) is 0 Å². The van der Waals surface area contributed by atoms with E-state index in [2.05, 4.69) is 128 Å². The molecule has 0 radical (unpaired) electrons. The van der Waals surface area contributed by atoms with Crippen molar-refractivity contribution in [3.8, 4) is 0 Å². The van der Waals surface area contributed by atoms with Gasteiger partial charge in [0.15, 0.2) is 0 Å². The van der Waals surface area contributed by atoms with Crippen molar-refractivity contribution in [2.24, 2.45) is 0 Å². The predicted octanol–water partition coefficient (Wildman–Crippen LogP) is 7.27. The van der Waals surface area contributed by atoms with Crippen LogP contribution in [0.2, 0.25) is 0 Å². The third kappa shape index (κ3) is 4.25. The molecule has 162 valence electrons. The van der Waals surface area contributed by atoms with Crippen molar-refractivity contribution in [3.05, 3.63) is 81.7 Å². The van der Waals surface area contributed by atoms with Crippen LogP contribution in [-0.4, -0.2) is 6.71 Å². The van der Waals surface area contributed by atoms with Crippen LogP contribution < -0.4 is 16.4 Å². The molecule has 31 heavy (non-hydrogen) atoms. The fraction of sp³-hybridized carbons (Fsp3) is 0.333. The minimum Gasteiger partial charge on any atom is -0.0618 e. The predicted molar refractivity (Wildman–Crippen MR) is 150 cm³/mol. The zero-order valence-electron chi connectivity index (χ0n) is 19.9. The molecule has 0 aliphatic rings. The van der Waals surface area contributed by atoms with E-state index in [9.17, 15) is 0 Å². The highest BCUT2D eigenvalue weighted by Gasteiger charge is 2.33. The number of aryl methyl sites for hydroxylation is 6. The maximum atomic E-state index is 3.89. The van der Waals surface area contributed by atoms with Gasteiger partial charge in [-0.2, -0.15) is 0 Å². The standard InChI is InChI=1S/C27H30BBr3/c1-13-10-16(4)25(29)19(7)22(13)28(23-14(2)11-17(5)26(30)20(23)8)24-15(3)12-18(6)27(31)21(24)9/h10-12H,1-9H3. The molecule has 0 atom stereocenters. The van der Waals surface area contributed by atoms with E-state index in [1.807, 2.05) is 0 Å². The van der Waals surface area contributed by atoms with Crippen LogP contribution in [0.3, 0.4) is 0 Å². The lowest BCUT2D eigenvalue weighted by atomic mass is 9.33. The van der Waals surface area contributed by atoms with Gasteiger partial charge < -0.3 is 0 Å². The summed E-state index contributed by atoms with van der Waals surface area (Å²) in [5, 5.41) is 0. The normalized spacial score (nSPS) is 11.2. The van der Waals surface area contributed by atoms with Crippen molar-refractivity contribution < 1.29 is 0 Å². The summed E-state index contributed by atoms with van der Waals surface area (Å²) in [5.41, 5.74) is 16.1. The zero-order valence-corrected chi connectivity index (χ0v) is 24.7. The lowest BCUT2D eigenvalue weighted by molar-refractivity contribution is 1.29. The molecule has 3 aromatic carbocycles. The Labute approximate surface area is 213 Å². The summed E-state index contributed by atoms with van der Waals surface area (Å²) in [7, 11) is 0. The molecule has 3 aromatic rings. The van der Waals surface area contributed by atoms with Crippen LogP contribution >= 0.6 is 47.8 Å². The zero-order chi connectivity index (χ0) is 23.4.